The summed E-state index contributed by atoms with van der Waals surface area (Å²) in [6, 6.07) is 3.93. The van der Waals surface area contributed by atoms with Crippen LogP contribution in [0.15, 0.2) is 12.1 Å². The number of hydrogen-bond donors (Lipinski definition) is 0. The molecule has 1 saturated heterocycles. The lowest BCUT2D eigenvalue weighted by atomic mass is 9.81. The molecular weight excluding hydrogens is 302 g/mol. The number of ketones is 1. The van der Waals surface area contributed by atoms with E-state index in [0.717, 1.165) is 29.7 Å². The van der Waals surface area contributed by atoms with Crippen LogP contribution in [0.4, 0.5) is 0 Å². The van der Waals surface area contributed by atoms with E-state index in [1.165, 1.54) is 0 Å². The third-order valence-corrected chi connectivity index (χ3v) is 5.32. The monoisotopic (exact) mass is 329 g/mol. The molecule has 0 saturated carbocycles. The number of aryl methyl sites for hydroxylation is 2. The molecule has 2 aliphatic heterocycles. The van der Waals surface area contributed by atoms with Gasteiger partial charge in [-0.1, -0.05) is 13.8 Å². The fourth-order valence-electron chi connectivity index (χ4n) is 3.67. The van der Waals surface area contributed by atoms with Crippen molar-refractivity contribution in [3.63, 3.8) is 0 Å². The van der Waals surface area contributed by atoms with Gasteiger partial charge in [-0.05, 0) is 43.0 Å². The van der Waals surface area contributed by atoms with E-state index in [1.54, 1.807) is 0 Å². The van der Waals surface area contributed by atoms with Crippen molar-refractivity contribution in [2.45, 2.75) is 59.0 Å². The second kappa shape index (κ2) is 6.23. The minimum atomic E-state index is -0.430. The van der Waals surface area contributed by atoms with E-state index in [2.05, 4.69) is 13.8 Å². The predicted molar refractivity (Wildman–Crippen MR) is 93.5 cm³/mol. The Balaban J connectivity index is 1.74. The highest BCUT2D eigenvalue weighted by Crippen LogP contribution is 2.40. The van der Waals surface area contributed by atoms with Gasteiger partial charge in [-0.25, -0.2) is 0 Å². The smallest absolute Gasteiger partial charge is 0.222 e. The first-order valence-corrected chi connectivity index (χ1v) is 8.91. The van der Waals surface area contributed by atoms with E-state index < -0.39 is 5.60 Å². The van der Waals surface area contributed by atoms with Gasteiger partial charge in [0.15, 0.2) is 5.78 Å². The van der Waals surface area contributed by atoms with Crippen molar-refractivity contribution < 1.29 is 14.3 Å². The van der Waals surface area contributed by atoms with Crippen molar-refractivity contribution in [2.24, 2.45) is 5.92 Å². The average Bonchev–Trinajstić information content (AvgIpc) is 2.49. The molecule has 0 aromatic heterocycles. The fourth-order valence-corrected chi connectivity index (χ4v) is 3.67. The summed E-state index contributed by atoms with van der Waals surface area (Å²) in [5.74, 6) is 1.48. The van der Waals surface area contributed by atoms with Crippen molar-refractivity contribution in [1.29, 1.82) is 0 Å². The zero-order valence-corrected chi connectivity index (χ0v) is 15.1. The summed E-state index contributed by atoms with van der Waals surface area (Å²) in [5, 5.41) is 0. The summed E-state index contributed by atoms with van der Waals surface area (Å²) < 4.78 is 6.32. The first-order valence-electron chi connectivity index (χ1n) is 8.91. The van der Waals surface area contributed by atoms with Crippen molar-refractivity contribution in [1.82, 2.24) is 4.90 Å². The Bertz CT molecular complexity index is 670. The van der Waals surface area contributed by atoms with Crippen LogP contribution < -0.4 is 4.74 Å². The molecule has 1 fully saturated rings. The number of likely N-dealkylation sites (tertiary alicyclic amines) is 1. The highest BCUT2D eigenvalue weighted by atomic mass is 16.5. The van der Waals surface area contributed by atoms with E-state index in [9.17, 15) is 9.59 Å². The summed E-state index contributed by atoms with van der Waals surface area (Å²) >= 11 is 0. The SMILES string of the molecule is Cc1cc2c(cc1C)C(=O)CC1(CCN(C(=O)CC(C)C)CC1)O2. The van der Waals surface area contributed by atoms with E-state index in [0.29, 0.717) is 37.4 Å². The topological polar surface area (TPSA) is 46.6 Å². The van der Waals surface area contributed by atoms with Gasteiger partial charge in [0.2, 0.25) is 5.91 Å². The molecule has 24 heavy (non-hydrogen) atoms. The zero-order valence-electron chi connectivity index (χ0n) is 15.1. The Labute approximate surface area is 144 Å². The van der Waals surface area contributed by atoms with Crippen molar-refractivity contribution in [3.8, 4) is 5.75 Å². The van der Waals surface area contributed by atoms with Gasteiger partial charge in [0, 0.05) is 32.4 Å². The summed E-state index contributed by atoms with van der Waals surface area (Å²) in [6.45, 7) is 9.54. The van der Waals surface area contributed by atoms with Gasteiger partial charge in [0.25, 0.3) is 0 Å². The summed E-state index contributed by atoms with van der Waals surface area (Å²) in [6.07, 6.45) is 2.48. The average molecular weight is 329 g/mol. The van der Waals surface area contributed by atoms with Crippen LogP contribution in [0.5, 0.6) is 5.75 Å². The molecule has 130 valence electrons. The van der Waals surface area contributed by atoms with Gasteiger partial charge >= 0.3 is 0 Å². The molecule has 2 aliphatic rings. The molecule has 1 spiro atoms. The lowest BCUT2D eigenvalue weighted by molar-refractivity contribution is -0.135. The minimum absolute atomic E-state index is 0.168. The van der Waals surface area contributed by atoms with Gasteiger partial charge < -0.3 is 9.64 Å². The van der Waals surface area contributed by atoms with Gasteiger partial charge in [0.05, 0.1) is 12.0 Å². The number of ether oxygens (including phenoxy) is 1. The van der Waals surface area contributed by atoms with Gasteiger partial charge in [-0.2, -0.15) is 0 Å². The molecule has 0 atom stereocenters. The van der Waals surface area contributed by atoms with Crippen molar-refractivity contribution in [3.05, 3.63) is 28.8 Å². The zero-order chi connectivity index (χ0) is 17.5. The summed E-state index contributed by atoms with van der Waals surface area (Å²) in [4.78, 5) is 26.8. The largest absolute Gasteiger partial charge is 0.486 e. The molecule has 1 aromatic carbocycles. The number of benzene rings is 1. The Kier molecular flexibility index (Phi) is 4.41. The van der Waals surface area contributed by atoms with Crippen molar-refractivity contribution >= 4 is 11.7 Å². The van der Waals surface area contributed by atoms with Crippen LogP contribution in [0, 0.1) is 19.8 Å². The Morgan fingerprint density at radius 2 is 1.83 bits per heavy atom. The maximum atomic E-state index is 12.6. The number of carbonyl (C=O) groups is 2. The van der Waals surface area contributed by atoms with Crippen LogP contribution in [0.3, 0.4) is 0 Å². The summed E-state index contributed by atoms with van der Waals surface area (Å²) in [7, 11) is 0. The molecule has 1 amide bonds. The number of hydrogen-bond acceptors (Lipinski definition) is 3. The van der Waals surface area contributed by atoms with Crippen LogP contribution in [-0.2, 0) is 4.79 Å². The molecular formula is C20H27NO3. The number of amides is 1. The van der Waals surface area contributed by atoms with E-state index >= 15 is 0 Å². The minimum Gasteiger partial charge on any atom is -0.486 e. The van der Waals surface area contributed by atoms with Crippen LogP contribution in [-0.4, -0.2) is 35.3 Å². The number of carbonyl (C=O) groups excluding carboxylic acids is 2. The van der Waals surface area contributed by atoms with Crippen molar-refractivity contribution in [2.75, 3.05) is 13.1 Å². The number of fused-ring (bicyclic) bond motifs is 1. The second-order valence-electron chi connectivity index (χ2n) is 7.80. The highest BCUT2D eigenvalue weighted by Gasteiger charge is 2.43. The number of Topliss-reactive ketones (excluding diaryl/α,β-unsaturated/α-hetero) is 1. The molecule has 0 unspecified atom stereocenters. The van der Waals surface area contributed by atoms with E-state index in [1.807, 2.05) is 30.9 Å². The molecule has 1 aromatic rings. The molecule has 0 N–H and O–H groups in total. The summed E-state index contributed by atoms with van der Waals surface area (Å²) in [5.41, 5.74) is 2.54. The third-order valence-electron chi connectivity index (χ3n) is 5.32. The van der Waals surface area contributed by atoms with E-state index in [4.69, 9.17) is 4.74 Å². The van der Waals surface area contributed by atoms with Crippen LogP contribution in [0.25, 0.3) is 0 Å². The molecule has 4 heteroatoms. The number of nitrogens with zero attached hydrogens (tertiary/aromatic N) is 1. The quantitative estimate of drug-likeness (QED) is 0.831. The van der Waals surface area contributed by atoms with Crippen LogP contribution in [0.2, 0.25) is 0 Å². The molecule has 3 rings (SSSR count). The van der Waals surface area contributed by atoms with Crippen LogP contribution >= 0.6 is 0 Å². The maximum Gasteiger partial charge on any atom is 0.222 e. The fraction of sp³-hybridized carbons (Fsp3) is 0.600. The Morgan fingerprint density at radius 1 is 1.21 bits per heavy atom. The lowest BCUT2D eigenvalue weighted by Crippen LogP contribution is -2.52. The number of rotatable bonds is 2. The maximum absolute atomic E-state index is 12.6. The lowest BCUT2D eigenvalue weighted by Gasteiger charge is -2.44. The van der Waals surface area contributed by atoms with E-state index in [-0.39, 0.29) is 11.7 Å². The molecule has 2 heterocycles. The molecule has 0 bridgehead atoms. The van der Waals surface area contributed by atoms with Gasteiger partial charge in [-0.15, -0.1) is 0 Å². The highest BCUT2D eigenvalue weighted by molar-refractivity contribution is 6.00. The van der Waals surface area contributed by atoms with Gasteiger partial charge in [0.1, 0.15) is 11.4 Å². The normalized spacial score (nSPS) is 19.4. The molecule has 4 nitrogen and oxygen atoms in total. The Hall–Kier alpha value is -1.84. The molecule has 0 aliphatic carbocycles. The second-order valence-corrected chi connectivity index (χ2v) is 7.80. The standard InChI is InChI=1S/C20H27NO3/c1-13(2)9-19(23)21-7-5-20(6-8-21)12-17(22)16-10-14(3)15(4)11-18(16)24-20/h10-11,13H,5-9,12H2,1-4H3. The first kappa shape index (κ1) is 17.0. The first-order chi connectivity index (χ1) is 11.3. The number of piperidine rings is 1. The predicted octanol–water partition coefficient (Wildman–Crippen LogP) is 3.68. The molecule has 0 radical (unpaired) electrons. The Morgan fingerprint density at radius 3 is 2.46 bits per heavy atom. The van der Waals surface area contributed by atoms with Gasteiger partial charge in [-0.3, -0.25) is 9.59 Å². The van der Waals surface area contributed by atoms with Crippen LogP contribution in [0.1, 0.15) is 61.0 Å². The third kappa shape index (κ3) is 3.19.